The molecule has 1 saturated carbocycles. The number of carboxylic acids is 1. The molecule has 98 valence electrons. The summed E-state index contributed by atoms with van der Waals surface area (Å²) in [5, 5.41) is 18.7. The molecule has 0 saturated heterocycles. The number of nitrogens with zero attached hydrogens (tertiary/aromatic N) is 3. The molecule has 2 aromatic heterocycles. The maximum Gasteiger partial charge on any atom is 0.354 e. The Kier molecular flexibility index (Phi) is 2.83. The molecule has 3 N–H and O–H groups in total. The fourth-order valence-electron chi connectivity index (χ4n) is 1.73. The van der Waals surface area contributed by atoms with Crippen molar-refractivity contribution < 1.29 is 9.90 Å². The number of halogens is 1. The van der Waals surface area contributed by atoms with E-state index in [4.69, 9.17) is 16.7 Å². The van der Waals surface area contributed by atoms with Crippen LogP contribution in [0.2, 0.25) is 5.28 Å². The summed E-state index contributed by atoms with van der Waals surface area (Å²) in [4.78, 5) is 18.4. The average molecular weight is 280 g/mol. The van der Waals surface area contributed by atoms with Gasteiger partial charge < -0.3 is 10.4 Å². The van der Waals surface area contributed by atoms with Gasteiger partial charge in [0, 0.05) is 23.7 Å². The van der Waals surface area contributed by atoms with Gasteiger partial charge in [-0.25, -0.2) is 14.8 Å². The summed E-state index contributed by atoms with van der Waals surface area (Å²) in [5.41, 5.74) is 0.904. The van der Waals surface area contributed by atoms with Crippen molar-refractivity contribution in [1.29, 1.82) is 0 Å². The Bertz CT molecular complexity index is 638. The van der Waals surface area contributed by atoms with Crippen LogP contribution in [0.1, 0.15) is 34.9 Å². The van der Waals surface area contributed by atoms with Crippen LogP contribution < -0.4 is 5.32 Å². The normalized spacial score (nSPS) is 14.4. The molecule has 1 aliphatic rings. The number of aromatic nitrogens is 4. The first-order chi connectivity index (χ1) is 9.11. The van der Waals surface area contributed by atoms with Gasteiger partial charge in [-0.15, -0.1) is 0 Å². The molecule has 7 nitrogen and oxygen atoms in total. The van der Waals surface area contributed by atoms with Crippen molar-refractivity contribution >= 4 is 29.2 Å². The number of aromatic amines is 1. The zero-order chi connectivity index (χ0) is 13.4. The zero-order valence-corrected chi connectivity index (χ0v) is 10.5. The van der Waals surface area contributed by atoms with Crippen molar-refractivity contribution in [2.45, 2.75) is 18.8 Å². The number of carboxylic acid groups (broad SMARTS) is 1. The topological polar surface area (TPSA) is 104 Å². The summed E-state index contributed by atoms with van der Waals surface area (Å²) in [6, 6.07) is 3.19. The first-order valence-corrected chi connectivity index (χ1v) is 6.10. The number of rotatable bonds is 4. The second-order valence-electron chi connectivity index (χ2n) is 4.32. The van der Waals surface area contributed by atoms with Crippen LogP contribution in [0.5, 0.6) is 0 Å². The number of nitrogens with one attached hydrogen (secondary N) is 2. The van der Waals surface area contributed by atoms with E-state index in [1.165, 1.54) is 18.9 Å². The van der Waals surface area contributed by atoms with Crippen LogP contribution in [-0.4, -0.2) is 31.2 Å². The van der Waals surface area contributed by atoms with Gasteiger partial charge >= 0.3 is 5.97 Å². The van der Waals surface area contributed by atoms with Crippen molar-refractivity contribution in [1.82, 2.24) is 20.2 Å². The molecule has 0 unspecified atom stereocenters. The van der Waals surface area contributed by atoms with Gasteiger partial charge in [0.05, 0.1) is 0 Å². The Morgan fingerprint density at radius 1 is 1.37 bits per heavy atom. The van der Waals surface area contributed by atoms with Gasteiger partial charge in [0.25, 0.3) is 0 Å². The van der Waals surface area contributed by atoms with Gasteiger partial charge in [0.15, 0.2) is 11.5 Å². The minimum absolute atomic E-state index is 0.125. The molecule has 0 bridgehead atoms. The lowest BCUT2D eigenvalue weighted by molar-refractivity contribution is 0.0690. The van der Waals surface area contributed by atoms with Crippen molar-refractivity contribution in [3.63, 3.8) is 0 Å². The number of anilines is 2. The Labute approximate surface area is 113 Å². The molecule has 0 spiro atoms. The SMILES string of the molecule is O=C(O)c1cc(Nc2cc(C3CC3)[nH]n2)nc(Cl)n1. The van der Waals surface area contributed by atoms with Gasteiger partial charge in [-0.1, -0.05) is 0 Å². The van der Waals surface area contributed by atoms with Crippen molar-refractivity contribution in [2.75, 3.05) is 5.32 Å². The highest BCUT2D eigenvalue weighted by Crippen LogP contribution is 2.39. The molecule has 0 amide bonds. The lowest BCUT2D eigenvalue weighted by Gasteiger charge is -2.02. The highest BCUT2D eigenvalue weighted by molar-refractivity contribution is 6.28. The molecule has 0 atom stereocenters. The summed E-state index contributed by atoms with van der Waals surface area (Å²) >= 11 is 5.67. The lowest BCUT2D eigenvalue weighted by atomic mass is 10.3. The van der Waals surface area contributed by atoms with Crippen LogP contribution in [0.15, 0.2) is 12.1 Å². The van der Waals surface area contributed by atoms with Crippen LogP contribution in [0, 0.1) is 0 Å². The minimum atomic E-state index is -1.16. The van der Waals surface area contributed by atoms with E-state index < -0.39 is 5.97 Å². The third kappa shape index (κ3) is 2.65. The zero-order valence-electron chi connectivity index (χ0n) is 9.72. The fraction of sp³-hybridized carbons (Fsp3) is 0.273. The largest absolute Gasteiger partial charge is 0.477 e. The minimum Gasteiger partial charge on any atom is -0.477 e. The second kappa shape index (κ2) is 4.51. The monoisotopic (exact) mass is 279 g/mol. The highest BCUT2D eigenvalue weighted by atomic mass is 35.5. The number of hydrogen-bond acceptors (Lipinski definition) is 5. The fourth-order valence-corrected chi connectivity index (χ4v) is 1.91. The van der Waals surface area contributed by atoms with E-state index in [0.717, 1.165) is 5.69 Å². The summed E-state index contributed by atoms with van der Waals surface area (Å²) in [6.07, 6.45) is 2.34. The lowest BCUT2D eigenvalue weighted by Crippen LogP contribution is -2.04. The van der Waals surface area contributed by atoms with Gasteiger partial charge in [-0.3, -0.25) is 5.10 Å². The van der Waals surface area contributed by atoms with E-state index in [1.807, 2.05) is 6.07 Å². The first kappa shape index (κ1) is 11.9. The molecule has 0 aliphatic heterocycles. The molecule has 0 aromatic carbocycles. The number of H-pyrrole nitrogens is 1. The summed E-state index contributed by atoms with van der Waals surface area (Å²) in [5.74, 6) is 0.277. The van der Waals surface area contributed by atoms with E-state index in [0.29, 0.717) is 17.6 Å². The predicted molar refractivity (Wildman–Crippen MR) is 67.8 cm³/mol. The number of hydrogen-bond donors (Lipinski definition) is 3. The molecule has 3 rings (SSSR count). The number of carbonyl (C=O) groups is 1. The van der Waals surface area contributed by atoms with Crippen LogP contribution in [-0.2, 0) is 0 Å². The quantitative estimate of drug-likeness (QED) is 0.741. The van der Waals surface area contributed by atoms with Crippen molar-refractivity contribution in [2.24, 2.45) is 0 Å². The van der Waals surface area contributed by atoms with E-state index in [9.17, 15) is 4.79 Å². The average Bonchev–Trinajstić information content (AvgIpc) is 3.10. The van der Waals surface area contributed by atoms with Gasteiger partial charge in [0.1, 0.15) is 5.82 Å². The summed E-state index contributed by atoms with van der Waals surface area (Å²) < 4.78 is 0. The third-order valence-electron chi connectivity index (χ3n) is 2.79. The molecule has 19 heavy (non-hydrogen) atoms. The van der Waals surface area contributed by atoms with Crippen LogP contribution in [0.4, 0.5) is 11.6 Å². The van der Waals surface area contributed by atoms with Crippen LogP contribution in [0.3, 0.4) is 0 Å². The van der Waals surface area contributed by atoms with Gasteiger partial charge in [-0.2, -0.15) is 5.10 Å². The predicted octanol–water partition coefficient (Wildman–Crippen LogP) is 2.17. The Hall–Kier alpha value is -2.15. The van der Waals surface area contributed by atoms with E-state index in [1.54, 1.807) is 0 Å². The summed E-state index contributed by atoms with van der Waals surface area (Å²) in [7, 11) is 0. The Morgan fingerprint density at radius 3 is 2.84 bits per heavy atom. The van der Waals surface area contributed by atoms with E-state index >= 15 is 0 Å². The summed E-state index contributed by atoms with van der Waals surface area (Å²) in [6.45, 7) is 0. The van der Waals surface area contributed by atoms with Gasteiger partial charge in [-0.05, 0) is 24.4 Å². The molecular weight excluding hydrogens is 270 g/mol. The standard InChI is InChI=1S/C11H10ClN5O2/c12-11-13-7(10(18)19)4-8(15-11)14-9-3-6(16-17-9)5-1-2-5/h3-5H,1-2H2,(H,18,19)(H2,13,14,15,16,17). The van der Waals surface area contributed by atoms with Gasteiger partial charge in [0.2, 0.25) is 5.28 Å². The van der Waals surface area contributed by atoms with Crippen molar-refractivity contribution in [3.8, 4) is 0 Å². The maximum atomic E-state index is 10.9. The maximum absolute atomic E-state index is 10.9. The smallest absolute Gasteiger partial charge is 0.354 e. The van der Waals surface area contributed by atoms with Crippen molar-refractivity contribution in [3.05, 3.63) is 28.8 Å². The first-order valence-electron chi connectivity index (χ1n) is 5.72. The molecular formula is C11H10ClN5O2. The molecule has 8 heteroatoms. The Balaban J connectivity index is 1.83. The van der Waals surface area contributed by atoms with Crippen LogP contribution in [0.25, 0.3) is 0 Å². The molecule has 2 heterocycles. The number of aromatic carboxylic acids is 1. The molecule has 2 aromatic rings. The third-order valence-corrected chi connectivity index (χ3v) is 2.96. The molecule has 1 aliphatic carbocycles. The Morgan fingerprint density at radius 2 is 2.16 bits per heavy atom. The van der Waals surface area contributed by atoms with Crippen LogP contribution >= 0.6 is 11.6 Å². The van der Waals surface area contributed by atoms with E-state index in [2.05, 4.69) is 25.5 Å². The second-order valence-corrected chi connectivity index (χ2v) is 4.66. The highest BCUT2D eigenvalue weighted by Gasteiger charge is 2.25. The van der Waals surface area contributed by atoms with E-state index in [-0.39, 0.29) is 11.0 Å². The molecule has 0 radical (unpaired) electrons. The molecule has 1 fully saturated rings.